The van der Waals surface area contributed by atoms with Gasteiger partial charge < -0.3 is 14.8 Å². The van der Waals surface area contributed by atoms with E-state index in [1.807, 2.05) is 37.3 Å². The van der Waals surface area contributed by atoms with Crippen LogP contribution in [0.2, 0.25) is 10.0 Å². The Labute approximate surface area is 166 Å². The number of rotatable bonds is 8. The van der Waals surface area contributed by atoms with Crippen molar-refractivity contribution in [1.29, 1.82) is 0 Å². The Kier molecular flexibility index (Phi) is 9.44. The lowest BCUT2D eigenvalue weighted by Gasteiger charge is -2.17. The maximum atomic E-state index is 6.23. The van der Waals surface area contributed by atoms with Crippen molar-refractivity contribution in [2.75, 3.05) is 6.61 Å². The Morgan fingerprint density at radius 3 is 2.44 bits per heavy atom. The van der Waals surface area contributed by atoms with E-state index in [0.29, 0.717) is 35.8 Å². The molecule has 0 aromatic heterocycles. The lowest BCUT2D eigenvalue weighted by atomic mass is 10.1. The second-order valence-electron chi connectivity index (χ2n) is 5.74. The molecule has 0 atom stereocenters. The van der Waals surface area contributed by atoms with Crippen molar-refractivity contribution >= 4 is 35.6 Å². The maximum Gasteiger partial charge on any atom is 0.166 e. The SMILES string of the molecule is CCOc1cccc(CNC(C)C)c1OCc1ccc(Cl)cc1Cl.Cl. The molecule has 0 aliphatic rings. The number of ether oxygens (including phenoxy) is 2. The van der Waals surface area contributed by atoms with E-state index in [9.17, 15) is 0 Å². The van der Waals surface area contributed by atoms with Crippen molar-refractivity contribution in [2.45, 2.75) is 40.0 Å². The molecule has 0 aliphatic carbocycles. The molecule has 0 heterocycles. The van der Waals surface area contributed by atoms with Gasteiger partial charge in [0.2, 0.25) is 0 Å². The van der Waals surface area contributed by atoms with Crippen LogP contribution in [0.25, 0.3) is 0 Å². The summed E-state index contributed by atoms with van der Waals surface area (Å²) in [6, 6.07) is 11.7. The van der Waals surface area contributed by atoms with Crippen LogP contribution < -0.4 is 14.8 Å². The fourth-order valence-electron chi connectivity index (χ4n) is 2.24. The van der Waals surface area contributed by atoms with Gasteiger partial charge in [0.25, 0.3) is 0 Å². The van der Waals surface area contributed by atoms with Crippen LogP contribution in [0.15, 0.2) is 36.4 Å². The molecule has 0 aliphatic heterocycles. The summed E-state index contributed by atoms with van der Waals surface area (Å²) in [5.74, 6) is 1.49. The second-order valence-corrected chi connectivity index (χ2v) is 6.58. The van der Waals surface area contributed by atoms with Crippen molar-refractivity contribution in [1.82, 2.24) is 5.32 Å². The van der Waals surface area contributed by atoms with E-state index >= 15 is 0 Å². The van der Waals surface area contributed by atoms with E-state index in [1.54, 1.807) is 6.07 Å². The summed E-state index contributed by atoms with van der Waals surface area (Å²) in [5.41, 5.74) is 1.94. The molecule has 1 N–H and O–H groups in total. The Bertz CT molecular complexity index is 678. The molecule has 0 bridgehead atoms. The first kappa shape index (κ1) is 21.9. The largest absolute Gasteiger partial charge is 0.490 e. The van der Waals surface area contributed by atoms with Crippen molar-refractivity contribution < 1.29 is 9.47 Å². The number of halogens is 3. The normalized spacial score (nSPS) is 10.5. The monoisotopic (exact) mass is 403 g/mol. The predicted molar refractivity (Wildman–Crippen MR) is 108 cm³/mol. The van der Waals surface area contributed by atoms with Gasteiger partial charge in [-0.1, -0.05) is 55.2 Å². The van der Waals surface area contributed by atoms with Gasteiger partial charge in [0.05, 0.1) is 6.61 Å². The van der Waals surface area contributed by atoms with Gasteiger partial charge in [-0.05, 0) is 25.1 Å². The number of nitrogens with one attached hydrogen (secondary N) is 1. The fraction of sp³-hybridized carbons (Fsp3) is 0.368. The van der Waals surface area contributed by atoms with E-state index in [1.165, 1.54) is 0 Å². The minimum atomic E-state index is 0. The first-order valence-corrected chi connectivity index (χ1v) is 8.81. The van der Waals surface area contributed by atoms with Crippen LogP contribution in [-0.4, -0.2) is 12.6 Å². The van der Waals surface area contributed by atoms with Gasteiger partial charge >= 0.3 is 0 Å². The summed E-state index contributed by atoms with van der Waals surface area (Å²) in [6.07, 6.45) is 0. The highest BCUT2D eigenvalue weighted by molar-refractivity contribution is 6.35. The highest BCUT2D eigenvalue weighted by Crippen LogP contribution is 2.33. The quantitative estimate of drug-likeness (QED) is 0.595. The van der Waals surface area contributed by atoms with Gasteiger partial charge in [-0.3, -0.25) is 0 Å². The molecule has 0 saturated carbocycles. The third-order valence-corrected chi connectivity index (χ3v) is 4.04. The van der Waals surface area contributed by atoms with Crippen LogP contribution >= 0.6 is 35.6 Å². The van der Waals surface area contributed by atoms with Gasteiger partial charge in [0.1, 0.15) is 6.61 Å². The molecule has 0 saturated heterocycles. The molecule has 2 aromatic carbocycles. The molecule has 0 unspecified atom stereocenters. The molecule has 0 radical (unpaired) electrons. The lowest BCUT2D eigenvalue weighted by molar-refractivity contribution is 0.266. The maximum absolute atomic E-state index is 6.23. The highest BCUT2D eigenvalue weighted by Gasteiger charge is 2.13. The van der Waals surface area contributed by atoms with E-state index in [0.717, 1.165) is 22.6 Å². The predicted octanol–water partition coefficient (Wildman–Crippen LogP) is 5.89. The van der Waals surface area contributed by atoms with Crippen LogP contribution in [0.1, 0.15) is 31.9 Å². The Hall–Kier alpha value is -1.13. The second kappa shape index (κ2) is 10.8. The van der Waals surface area contributed by atoms with E-state index in [2.05, 4.69) is 19.2 Å². The summed E-state index contributed by atoms with van der Waals surface area (Å²) in [7, 11) is 0. The summed E-state index contributed by atoms with van der Waals surface area (Å²) in [4.78, 5) is 0. The van der Waals surface area contributed by atoms with Gasteiger partial charge in [0, 0.05) is 33.8 Å². The third-order valence-electron chi connectivity index (χ3n) is 3.45. The highest BCUT2D eigenvalue weighted by atomic mass is 35.5. The van der Waals surface area contributed by atoms with Crippen LogP contribution in [0.5, 0.6) is 11.5 Å². The van der Waals surface area contributed by atoms with Crippen LogP contribution in [0.3, 0.4) is 0 Å². The van der Waals surface area contributed by atoms with E-state index in [-0.39, 0.29) is 12.4 Å². The molecule has 2 rings (SSSR count). The van der Waals surface area contributed by atoms with E-state index in [4.69, 9.17) is 32.7 Å². The van der Waals surface area contributed by atoms with Crippen molar-refractivity contribution in [3.8, 4) is 11.5 Å². The number of hydrogen-bond donors (Lipinski definition) is 1. The lowest BCUT2D eigenvalue weighted by Crippen LogP contribution is -2.22. The molecule has 2 aromatic rings. The Balaban J connectivity index is 0.00000312. The topological polar surface area (TPSA) is 30.5 Å². The smallest absolute Gasteiger partial charge is 0.166 e. The zero-order valence-corrected chi connectivity index (χ0v) is 17.0. The van der Waals surface area contributed by atoms with Crippen LogP contribution in [-0.2, 0) is 13.2 Å². The number of benzene rings is 2. The van der Waals surface area contributed by atoms with Gasteiger partial charge in [-0.15, -0.1) is 12.4 Å². The van der Waals surface area contributed by atoms with Crippen LogP contribution in [0, 0.1) is 0 Å². The average Bonchev–Trinajstić information content (AvgIpc) is 2.53. The fourth-order valence-corrected chi connectivity index (χ4v) is 2.70. The Morgan fingerprint density at radius 2 is 1.80 bits per heavy atom. The summed E-state index contributed by atoms with van der Waals surface area (Å²) < 4.78 is 11.8. The van der Waals surface area contributed by atoms with Gasteiger partial charge in [-0.25, -0.2) is 0 Å². The number of hydrogen-bond acceptors (Lipinski definition) is 3. The van der Waals surface area contributed by atoms with Gasteiger partial charge in [0.15, 0.2) is 11.5 Å². The Morgan fingerprint density at radius 1 is 1.04 bits per heavy atom. The molecule has 0 spiro atoms. The molecular formula is C19H24Cl3NO2. The minimum Gasteiger partial charge on any atom is -0.490 e. The standard InChI is InChI=1S/C19H23Cl2NO2.ClH/c1-4-23-18-7-5-6-14(11-22-13(2)3)19(18)24-12-15-8-9-16(20)10-17(15)21;/h5-10,13,22H,4,11-12H2,1-3H3;1H. The summed E-state index contributed by atoms with van der Waals surface area (Å²) in [6.45, 7) is 7.83. The average molecular weight is 405 g/mol. The molecule has 25 heavy (non-hydrogen) atoms. The van der Waals surface area contributed by atoms with Crippen molar-refractivity contribution in [3.05, 3.63) is 57.6 Å². The first-order valence-electron chi connectivity index (χ1n) is 8.06. The zero-order valence-electron chi connectivity index (χ0n) is 14.6. The van der Waals surface area contributed by atoms with Gasteiger partial charge in [-0.2, -0.15) is 0 Å². The molecule has 0 amide bonds. The van der Waals surface area contributed by atoms with Crippen LogP contribution in [0.4, 0.5) is 0 Å². The van der Waals surface area contributed by atoms with E-state index < -0.39 is 0 Å². The third kappa shape index (κ3) is 6.59. The summed E-state index contributed by atoms with van der Waals surface area (Å²) >= 11 is 12.2. The van der Waals surface area contributed by atoms with Crippen molar-refractivity contribution in [2.24, 2.45) is 0 Å². The molecule has 0 fully saturated rings. The minimum absolute atomic E-state index is 0. The molecule has 6 heteroatoms. The number of para-hydroxylation sites is 1. The first-order chi connectivity index (χ1) is 11.5. The molecule has 138 valence electrons. The molecular weight excluding hydrogens is 381 g/mol. The summed E-state index contributed by atoms with van der Waals surface area (Å²) in [5, 5.41) is 4.62. The van der Waals surface area contributed by atoms with Crippen molar-refractivity contribution in [3.63, 3.8) is 0 Å². The zero-order chi connectivity index (χ0) is 17.5. The molecule has 3 nitrogen and oxygen atoms in total.